The Morgan fingerprint density at radius 1 is 1.24 bits per heavy atom. The Hall–Kier alpha value is -1.88. The predicted octanol–water partition coefficient (Wildman–Crippen LogP) is 3.16. The highest BCUT2D eigenvalue weighted by Crippen LogP contribution is 2.28. The Morgan fingerprint density at radius 2 is 2.00 bits per heavy atom. The third-order valence-electron chi connectivity index (χ3n) is 3.80. The molecule has 0 aliphatic carbocycles. The van der Waals surface area contributed by atoms with Crippen LogP contribution in [0.3, 0.4) is 0 Å². The summed E-state index contributed by atoms with van der Waals surface area (Å²) in [6.45, 7) is 7.61. The molecule has 2 aromatic rings. The number of anilines is 1. The molecule has 0 spiro atoms. The van der Waals surface area contributed by atoms with E-state index in [0.717, 1.165) is 12.4 Å². The molecule has 21 heavy (non-hydrogen) atoms. The zero-order valence-electron chi connectivity index (χ0n) is 12.7. The van der Waals surface area contributed by atoms with Crippen molar-refractivity contribution in [1.82, 2.24) is 10.1 Å². The average molecular weight is 287 g/mol. The van der Waals surface area contributed by atoms with Gasteiger partial charge in [-0.2, -0.15) is 4.98 Å². The second-order valence-corrected chi connectivity index (χ2v) is 5.82. The van der Waals surface area contributed by atoms with Crippen molar-refractivity contribution in [2.75, 3.05) is 18.1 Å². The van der Waals surface area contributed by atoms with Gasteiger partial charge in [0.2, 0.25) is 0 Å². The number of aromatic nitrogens is 2. The molecule has 1 aliphatic heterocycles. The van der Waals surface area contributed by atoms with Gasteiger partial charge in [0.05, 0.1) is 19.2 Å². The quantitative estimate of drug-likeness (QED) is 0.868. The fourth-order valence-corrected chi connectivity index (χ4v) is 2.47. The lowest BCUT2D eigenvalue weighted by Crippen LogP contribution is -2.45. The monoisotopic (exact) mass is 287 g/mol. The van der Waals surface area contributed by atoms with Gasteiger partial charge in [0.15, 0.2) is 5.82 Å². The van der Waals surface area contributed by atoms with Crippen LogP contribution in [0.15, 0.2) is 34.9 Å². The molecule has 2 atom stereocenters. The first-order chi connectivity index (χ1) is 10.1. The maximum atomic E-state index is 5.95. The van der Waals surface area contributed by atoms with Crippen LogP contribution in [0.1, 0.15) is 44.2 Å². The standard InChI is InChI=1S/C16H21N3O2/c1-11(2)15-17-16(21-18-15)19-9-14(20-10-12(19)3)13-7-5-4-6-8-13/h4-8,11-12,14H,9-10H2,1-3H3/t12-,14+/m0/s1. The molecule has 0 bridgehead atoms. The Balaban J connectivity index is 1.80. The highest BCUT2D eigenvalue weighted by molar-refractivity contribution is 5.31. The van der Waals surface area contributed by atoms with Crippen LogP contribution in [-0.4, -0.2) is 29.3 Å². The molecular weight excluding hydrogens is 266 g/mol. The van der Waals surface area contributed by atoms with Crippen LogP contribution < -0.4 is 4.90 Å². The lowest BCUT2D eigenvalue weighted by molar-refractivity contribution is 0.0191. The van der Waals surface area contributed by atoms with E-state index < -0.39 is 0 Å². The van der Waals surface area contributed by atoms with Gasteiger partial charge >= 0.3 is 6.01 Å². The average Bonchev–Trinajstić information content (AvgIpc) is 2.98. The topological polar surface area (TPSA) is 51.4 Å². The minimum absolute atomic E-state index is 0.0387. The van der Waals surface area contributed by atoms with E-state index in [1.54, 1.807) is 0 Å². The van der Waals surface area contributed by atoms with E-state index >= 15 is 0 Å². The molecule has 0 amide bonds. The van der Waals surface area contributed by atoms with Crippen molar-refractivity contribution in [3.8, 4) is 0 Å². The van der Waals surface area contributed by atoms with Gasteiger partial charge in [-0.1, -0.05) is 49.3 Å². The van der Waals surface area contributed by atoms with Crippen LogP contribution >= 0.6 is 0 Å². The van der Waals surface area contributed by atoms with E-state index in [9.17, 15) is 0 Å². The Morgan fingerprint density at radius 3 is 2.67 bits per heavy atom. The molecule has 1 aromatic carbocycles. The largest absolute Gasteiger partial charge is 0.370 e. The number of nitrogens with zero attached hydrogens (tertiary/aromatic N) is 3. The summed E-state index contributed by atoms with van der Waals surface area (Å²) in [7, 11) is 0. The van der Waals surface area contributed by atoms with Crippen molar-refractivity contribution < 1.29 is 9.26 Å². The summed E-state index contributed by atoms with van der Waals surface area (Å²) in [5.74, 6) is 1.02. The zero-order valence-corrected chi connectivity index (χ0v) is 12.7. The van der Waals surface area contributed by atoms with Crippen molar-refractivity contribution in [2.45, 2.75) is 38.8 Å². The van der Waals surface area contributed by atoms with Crippen LogP contribution in [0.2, 0.25) is 0 Å². The van der Waals surface area contributed by atoms with Gasteiger partial charge in [-0.25, -0.2) is 0 Å². The third-order valence-corrected chi connectivity index (χ3v) is 3.80. The molecule has 5 heteroatoms. The Kier molecular flexibility index (Phi) is 3.92. The summed E-state index contributed by atoms with van der Waals surface area (Å²) in [6.07, 6.45) is 0.0387. The van der Waals surface area contributed by atoms with Crippen LogP contribution in [0.25, 0.3) is 0 Å². The number of morpholine rings is 1. The molecule has 3 rings (SSSR count). The second kappa shape index (κ2) is 5.85. The van der Waals surface area contributed by atoms with Crippen molar-refractivity contribution >= 4 is 6.01 Å². The number of hydrogen-bond acceptors (Lipinski definition) is 5. The molecule has 0 N–H and O–H groups in total. The number of hydrogen-bond donors (Lipinski definition) is 0. The lowest BCUT2D eigenvalue weighted by Gasteiger charge is -2.36. The molecule has 0 saturated carbocycles. The first-order valence-corrected chi connectivity index (χ1v) is 7.42. The molecule has 1 saturated heterocycles. The van der Waals surface area contributed by atoms with Gasteiger partial charge in [0.25, 0.3) is 0 Å². The molecule has 0 radical (unpaired) electrons. The molecule has 1 aliphatic rings. The van der Waals surface area contributed by atoms with E-state index in [1.807, 2.05) is 18.2 Å². The van der Waals surface area contributed by atoms with E-state index in [2.05, 4.69) is 47.9 Å². The van der Waals surface area contributed by atoms with Crippen molar-refractivity contribution in [3.05, 3.63) is 41.7 Å². The third kappa shape index (κ3) is 2.93. The molecule has 2 heterocycles. The second-order valence-electron chi connectivity index (χ2n) is 5.82. The first-order valence-electron chi connectivity index (χ1n) is 7.42. The van der Waals surface area contributed by atoms with Gasteiger partial charge in [-0.05, 0) is 12.5 Å². The fraction of sp³-hybridized carbons (Fsp3) is 0.500. The fourth-order valence-electron chi connectivity index (χ4n) is 2.47. The van der Waals surface area contributed by atoms with Gasteiger partial charge in [0.1, 0.15) is 6.10 Å². The summed E-state index contributed by atoms with van der Waals surface area (Å²) in [5.41, 5.74) is 1.18. The summed E-state index contributed by atoms with van der Waals surface area (Å²) >= 11 is 0. The van der Waals surface area contributed by atoms with Gasteiger partial charge in [-0.3, -0.25) is 0 Å². The number of rotatable bonds is 3. The lowest BCUT2D eigenvalue weighted by atomic mass is 10.1. The van der Waals surface area contributed by atoms with Gasteiger partial charge in [-0.15, -0.1) is 0 Å². The minimum Gasteiger partial charge on any atom is -0.370 e. The smallest absolute Gasteiger partial charge is 0.324 e. The molecule has 1 aromatic heterocycles. The maximum absolute atomic E-state index is 5.95. The molecular formula is C16H21N3O2. The normalized spacial score (nSPS) is 22.8. The van der Waals surface area contributed by atoms with E-state index in [4.69, 9.17) is 9.26 Å². The zero-order chi connectivity index (χ0) is 14.8. The SMILES string of the molecule is CC(C)c1noc(N2C[C@H](c3ccccc3)OC[C@@H]2C)n1. The summed E-state index contributed by atoms with van der Waals surface area (Å²) in [6, 6.07) is 11.1. The summed E-state index contributed by atoms with van der Waals surface area (Å²) < 4.78 is 11.4. The molecule has 5 nitrogen and oxygen atoms in total. The molecule has 1 fully saturated rings. The van der Waals surface area contributed by atoms with E-state index in [-0.39, 0.29) is 18.1 Å². The highest BCUT2D eigenvalue weighted by Gasteiger charge is 2.30. The van der Waals surface area contributed by atoms with E-state index in [1.165, 1.54) is 5.56 Å². The maximum Gasteiger partial charge on any atom is 0.324 e. The Bertz CT molecular complexity index is 582. The van der Waals surface area contributed by atoms with Crippen LogP contribution in [-0.2, 0) is 4.74 Å². The van der Waals surface area contributed by atoms with Gasteiger partial charge in [0, 0.05) is 5.92 Å². The summed E-state index contributed by atoms with van der Waals surface area (Å²) in [5, 5.41) is 4.05. The number of ether oxygens (including phenoxy) is 1. The Labute approximate surface area is 124 Å². The van der Waals surface area contributed by atoms with Crippen LogP contribution in [0, 0.1) is 0 Å². The number of benzene rings is 1. The molecule has 0 unspecified atom stereocenters. The van der Waals surface area contributed by atoms with E-state index in [0.29, 0.717) is 12.6 Å². The van der Waals surface area contributed by atoms with Crippen molar-refractivity contribution in [1.29, 1.82) is 0 Å². The van der Waals surface area contributed by atoms with Gasteiger partial charge < -0.3 is 14.2 Å². The van der Waals surface area contributed by atoms with Crippen LogP contribution in [0.4, 0.5) is 6.01 Å². The molecule has 112 valence electrons. The predicted molar refractivity (Wildman–Crippen MR) is 80.3 cm³/mol. The first kappa shape index (κ1) is 14.1. The minimum atomic E-state index is 0.0387. The highest BCUT2D eigenvalue weighted by atomic mass is 16.5. The van der Waals surface area contributed by atoms with Crippen molar-refractivity contribution in [3.63, 3.8) is 0 Å². The summed E-state index contributed by atoms with van der Waals surface area (Å²) in [4.78, 5) is 6.64. The van der Waals surface area contributed by atoms with Crippen LogP contribution in [0.5, 0.6) is 0 Å². The van der Waals surface area contributed by atoms with Crippen molar-refractivity contribution in [2.24, 2.45) is 0 Å².